The summed E-state index contributed by atoms with van der Waals surface area (Å²) in [4.78, 5) is 11.9. The molecule has 0 aliphatic carbocycles. The molecular weight excluding hydrogens is 264 g/mol. The number of ether oxygens (including phenoxy) is 1. The molecule has 0 bridgehead atoms. The molecule has 0 saturated carbocycles. The lowest BCUT2D eigenvalue weighted by Gasteiger charge is -2.08. The average Bonchev–Trinajstić information content (AvgIpc) is 2.90. The molecule has 0 aliphatic heterocycles. The molecule has 0 atom stereocenters. The van der Waals surface area contributed by atoms with Crippen LogP contribution in [0, 0.1) is 0 Å². The number of hydrogen-bond donors (Lipinski definition) is 0. The van der Waals surface area contributed by atoms with Crippen molar-refractivity contribution >= 4 is 17.4 Å². The van der Waals surface area contributed by atoms with Crippen molar-refractivity contribution in [1.82, 2.24) is 0 Å². The summed E-state index contributed by atoms with van der Waals surface area (Å²) < 4.78 is 10.4. The first-order valence-electron chi connectivity index (χ1n) is 6.05. The number of Topliss-reactive ketones (excluding diaryl/α,β-unsaturated/α-hetero) is 1. The number of halogens is 1. The SMILES string of the molecule is COc1ccc(Cl)cc1CC(=O)CCc1ccco1. The smallest absolute Gasteiger partial charge is 0.137 e. The Bertz CT molecular complexity index is 547. The number of carbonyl (C=O) groups is 1. The zero-order valence-corrected chi connectivity index (χ0v) is 11.4. The maximum atomic E-state index is 11.9. The van der Waals surface area contributed by atoms with Gasteiger partial charge >= 0.3 is 0 Å². The van der Waals surface area contributed by atoms with E-state index in [1.165, 1.54) is 0 Å². The summed E-state index contributed by atoms with van der Waals surface area (Å²) >= 11 is 5.93. The predicted octanol–water partition coefficient (Wildman–Crippen LogP) is 3.69. The van der Waals surface area contributed by atoms with Gasteiger partial charge in [-0.1, -0.05) is 11.6 Å². The second kappa shape index (κ2) is 6.43. The highest BCUT2D eigenvalue weighted by molar-refractivity contribution is 6.30. The molecule has 0 unspecified atom stereocenters. The van der Waals surface area contributed by atoms with Crippen LogP contribution in [0.4, 0.5) is 0 Å². The highest BCUT2D eigenvalue weighted by Gasteiger charge is 2.10. The van der Waals surface area contributed by atoms with Crippen LogP contribution in [0.3, 0.4) is 0 Å². The second-order valence-electron chi connectivity index (χ2n) is 4.25. The molecule has 0 amide bonds. The fourth-order valence-corrected chi connectivity index (χ4v) is 2.10. The average molecular weight is 279 g/mol. The van der Waals surface area contributed by atoms with Gasteiger partial charge in [0.1, 0.15) is 17.3 Å². The van der Waals surface area contributed by atoms with E-state index in [-0.39, 0.29) is 5.78 Å². The lowest BCUT2D eigenvalue weighted by molar-refractivity contribution is -0.118. The third kappa shape index (κ3) is 3.86. The maximum Gasteiger partial charge on any atom is 0.137 e. The summed E-state index contributed by atoms with van der Waals surface area (Å²) in [5.41, 5.74) is 0.819. The number of carbonyl (C=O) groups excluding carboxylic acids is 1. The first kappa shape index (κ1) is 13.7. The van der Waals surface area contributed by atoms with Gasteiger partial charge in [0.15, 0.2) is 0 Å². The largest absolute Gasteiger partial charge is 0.496 e. The molecule has 2 rings (SSSR count). The molecule has 0 saturated heterocycles. The van der Waals surface area contributed by atoms with E-state index in [4.69, 9.17) is 20.8 Å². The maximum absolute atomic E-state index is 11.9. The summed E-state index contributed by atoms with van der Waals surface area (Å²) in [7, 11) is 1.58. The second-order valence-corrected chi connectivity index (χ2v) is 4.69. The van der Waals surface area contributed by atoms with Gasteiger partial charge in [0, 0.05) is 29.8 Å². The standard InChI is InChI=1S/C15H15ClO3/c1-18-15-7-4-12(16)9-11(15)10-13(17)5-6-14-3-2-8-19-14/h2-4,7-9H,5-6,10H2,1H3. The summed E-state index contributed by atoms with van der Waals surface area (Å²) in [6.07, 6.45) is 3.00. The van der Waals surface area contributed by atoms with E-state index in [0.29, 0.717) is 30.0 Å². The Morgan fingerprint density at radius 1 is 1.37 bits per heavy atom. The molecule has 0 radical (unpaired) electrons. The van der Waals surface area contributed by atoms with Crippen molar-refractivity contribution in [2.24, 2.45) is 0 Å². The summed E-state index contributed by atoms with van der Waals surface area (Å²) in [6, 6.07) is 8.98. The van der Waals surface area contributed by atoms with Gasteiger partial charge in [-0.3, -0.25) is 4.79 Å². The fraction of sp³-hybridized carbons (Fsp3) is 0.267. The van der Waals surface area contributed by atoms with Gasteiger partial charge in [0.25, 0.3) is 0 Å². The highest BCUT2D eigenvalue weighted by Crippen LogP contribution is 2.23. The van der Waals surface area contributed by atoms with E-state index in [2.05, 4.69) is 0 Å². The first-order valence-corrected chi connectivity index (χ1v) is 6.43. The zero-order valence-electron chi connectivity index (χ0n) is 10.7. The third-order valence-corrected chi connectivity index (χ3v) is 3.10. The minimum Gasteiger partial charge on any atom is -0.496 e. The van der Waals surface area contributed by atoms with Crippen molar-refractivity contribution in [3.8, 4) is 5.75 Å². The number of ketones is 1. The molecule has 0 N–H and O–H groups in total. The molecule has 1 aromatic heterocycles. The topological polar surface area (TPSA) is 39.4 Å². The van der Waals surface area contributed by atoms with Crippen molar-refractivity contribution in [3.63, 3.8) is 0 Å². The summed E-state index contributed by atoms with van der Waals surface area (Å²) in [6.45, 7) is 0. The van der Waals surface area contributed by atoms with Gasteiger partial charge in [-0.2, -0.15) is 0 Å². The number of methoxy groups -OCH3 is 1. The van der Waals surface area contributed by atoms with Crippen LogP contribution >= 0.6 is 11.6 Å². The van der Waals surface area contributed by atoms with Crippen molar-refractivity contribution < 1.29 is 13.9 Å². The molecule has 0 spiro atoms. The third-order valence-electron chi connectivity index (χ3n) is 2.86. The lowest BCUT2D eigenvalue weighted by atomic mass is 10.0. The molecule has 0 fully saturated rings. The molecule has 3 nitrogen and oxygen atoms in total. The number of benzene rings is 1. The number of rotatable bonds is 6. The Balaban J connectivity index is 1.96. The quantitative estimate of drug-likeness (QED) is 0.809. The lowest BCUT2D eigenvalue weighted by Crippen LogP contribution is -2.05. The van der Waals surface area contributed by atoms with Gasteiger partial charge in [0.2, 0.25) is 0 Å². The minimum atomic E-state index is 0.136. The number of hydrogen-bond acceptors (Lipinski definition) is 3. The molecule has 0 aliphatic rings. The van der Waals surface area contributed by atoms with E-state index in [0.717, 1.165) is 11.3 Å². The van der Waals surface area contributed by atoms with Crippen molar-refractivity contribution in [2.75, 3.05) is 7.11 Å². The highest BCUT2D eigenvalue weighted by atomic mass is 35.5. The number of furan rings is 1. The van der Waals surface area contributed by atoms with E-state index in [9.17, 15) is 4.79 Å². The molecule has 100 valence electrons. The van der Waals surface area contributed by atoms with Crippen molar-refractivity contribution in [1.29, 1.82) is 0 Å². The summed E-state index contributed by atoms with van der Waals surface area (Å²) in [5, 5.41) is 0.606. The van der Waals surface area contributed by atoms with Crippen LogP contribution in [0.1, 0.15) is 17.7 Å². The Morgan fingerprint density at radius 3 is 2.89 bits per heavy atom. The van der Waals surface area contributed by atoms with Crippen molar-refractivity contribution in [2.45, 2.75) is 19.3 Å². The van der Waals surface area contributed by atoms with Crippen LogP contribution < -0.4 is 4.74 Å². The Labute approximate surface area is 117 Å². The van der Waals surface area contributed by atoms with E-state index in [1.54, 1.807) is 31.6 Å². The van der Waals surface area contributed by atoms with Crippen LogP contribution in [0.25, 0.3) is 0 Å². The molecule has 4 heteroatoms. The monoisotopic (exact) mass is 278 g/mol. The van der Waals surface area contributed by atoms with Gasteiger partial charge in [-0.25, -0.2) is 0 Å². The molecule has 2 aromatic rings. The predicted molar refractivity (Wildman–Crippen MR) is 73.7 cm³/mol. The van der Waals surface area contributed by atoms with Gasteiger partial charge in [-0.05, 0) is 30.3 Å². The van der Waals surface area contributed by atoms with Gasteiger partial charge in [0.05, 0.1) is 13.4 Å². The minimum absolute atomic E-state index is 0.136. The zero-order chi connectivity index (χ0) is 13.7. The molecular formula is C15H15ClO3. The first-order chi connectivity index (χ1) is 9.19. The molecule has 1 aromatic carbocycles. The van der Waals surface area contributed by atoms with Crippen LogP contribution in [0.2, 0.25) is 5.02 Å². The number of aryl methyl sites for hydroxylation is 1. The van der Waals surface area contributed by atoms with E-state index in [1.807, 2.05) is 12.1 Å². The Kier molecular flexibility index (Phi) is 4.63. The Hall–Kier alpha value is -1.74. The normalized spacial score (nSPS) is 10.4. The van der Waals surface area contributed by atoms with Crippen LogP contribution in [0.5, 0.6) is 5.75 Å². The van der Waals surface area contributed by atoms with Gasteiger partial charge in [-0.15, -0.1) is 0 Å². The van der Waals surface area contributed by atoms with Gasteiger partial charge < -0.3 is 9.15 Å². The fourth-order valence-electron chi connectivity index (χ4n) is 1.90. The summed E-state index contributed by atoms with van der Waals surface area (Å²) in [5.74, 6) is 1.65. The molecule has 1 heterocycles. The van der Waals surface area contributed by atoms with E-state index >= 15 is 0 Å². The van der Waals surface area contributed by atoms with Crippen LogP contribution in [-0.4, -0.2) is 12.9 Å². The molecule has 19 heavy (non-hydrogen) atoms. The van der Waals surface area contributed by atoms with Crippen molar-refractivity contribution in [3.05, 3.63) is 52.9 Å². The van der Waals surface area contributed by atoms with Crippen LogP contribution in [0.15, 0.2) is 41.0 Å². The Morgan fingerprint density at radius 2 is 2.21 bits per heavy atom. The van der Waals surface area contributed by atoms with Crippen LogP contribution in [-0.2, 0) is 17.6 Å². The van der Waals surface area contributed by atoms with E-state index < -0.39 is 0 Å².